The third-order valence-corrected chi connectivity index (χ3v) is 2.75. The molecule has 0 radical (unpaired) electrons. The Balaban J connectivity index is 2.26. The van der Waals surface area contributed by atoms with Gasteiger partial charge in [0.25, 0.3) is 0 Å². The van der Waals surface area contributed by atoms with E-state index in [1.54, 1.807) is 0 Å². The quantitative estimate of drug-likeness (QED) is 0.868. The summed E-state index contributed by atoms with van der Waals surface area (Å²) in [6.45, 7) is 5.65. The van der Waals surface area contributed by atoms with Gasteiger partial charge >= 0.3 is 0 Å². The zero-order valence-electron chi connectivity index (χ0n) is 10.6. The van der Waals surface area contributed by atoms with Crippen LogP contribution in [-0.2, 0) is 13.1 Å². The lowest BCUT2D eigenvalue weighted by Crippen LogP contribution is -2.12. The molecule has 1 N–H and O–H groups in total. The van der Waals surface area contributed by atoms with Crippen LogP contribution in [0.3, 0.4) is 0 Å². The topological polar surface area (TPSA) is 42.7 Å². The minimum absolute atomic E-state index is 0.734. The highest BCUT2D eigenvalue weighted by Crippen LogP contribution is 2.09. The first-order chi connectivity index (χ1) is 8.20. The van der Waals surface area contributed by atoms with Crippen molar-refractivity contribution in [3.63, 3.8) is 0 Å². The Hall–Kier alpha value is -1.68. The average Bonchev–Trinajstić information content (AvgIpc) is 2.61. The van der Waals surface area contributed by atoms with Crippen molar-refractivity contribution >= 4 is 0 Å². The molecule has 4 nitrogen and oxygen atoms in total. The summed E-state index contributed by atoms with van der Waals surface area (Å²) in [5.74, 6) is 0. The first-order valence-electron chi connectivity index (χ1n) is 5.79. The normalized spacial score (nSPS) is 10.8. The van der Waals surface area contributed by atoms with Crippen molar-refractivity contribution in [1.82, 2.24) is 20.1 Å². The minimum Gasteiger partial charge on any atom is -0.316 e. The van der Waals surface area contributed by atoms with Crippen LogP contribution in [0.25, 0.3) is 0 Å². The SMILES string of the molecule is CNCc1cccnc1Cn1nc(C)cc1C. The highest BCUT2D eigenvalue weighted by molar-refractivity contribution is 5.20. The van der Waals surface area contributed by atoms with E-state index >= 15 is 0 Å². The van der Waals surface area contributed by atoms with Crippen molar-refractivity contribution in [2.75, 3.05) is 7.05 Å². The lowest BCUT2D eigenvalue weighted by molar-refractivity contribution is 0.636. The number of pyridine rings is 1. The number of aromatic nitrogens is 3. The van der Waals surface area contributed by atoms with Gasteiger partial charge in [0.1, 0.15) is 0 Å². The number of hydrogen-bond acceptors (Lipinski definition) is 3. The first kappa shape index (κ1) is 11.8. The van der Waals surface area contributed by atoms with Crippen LogP contribution in [0.2, 0.25) is 0 Å². The molecule has 0 saturated carbocycles. The van der Waals surface area contributed by atoms with E-state index in [-0.39, 0.29) is 0 Å². The molecule has 0 bridgehead atoms. The van der Waals surface area contributed by atoms with E-state index in [4.69, 9.17) is 0 Å². The molecule has 0 unspecified atom stereocenters. The second kappa shape index (κ2) is 5.10. The molecule has 2 aromatic rings. The van der Waals surface area contributed by atoms with Gasteiger partial charge in [0.15, 0.2) is 0 Å². The van der Waals surface area contributed by atoms with Crippen LogP contribution in [0.4, 0.5) is 0 Å². The Morgan fingerprint density at radius 3 is 2.82 bits per heavy atom. The van der Waals surface area contributed by atoms with Gasteiger partial charge in [-0.05, 0) is 38.6 Å². The number of rotatable bonds is 4. The molecule has 90 valence electrons. The van der Waals surface area contributed by atoms with Crippen LogP contribution in [0.1, 0.15) is 22.6 Å². The molecule has 17 heavy (non-hydrogen) atoms. The van der Waals surface area contributed by atoms with Crippen molar-refractivity contribution in [2.24, 2.45) is 0 Å². The van der Waals surface area contributed by atoms with Crippen LogP contribution in [0.5, 0.6) is 0 Å². The molecule has 0 aliphatic carbocycles. The van der Waals surface area contributed by atoms with Crippen LogP contribution < -0.4 is 5.32 Å². The summed E-state index contributed by atoms with van der Waals surface area (Å²) in [5, 5.41) is 7.62. The molecular weight excluding hydrogens is 212 g/mol. The van der Waals surface area contributed by atoms with Crippen molar-refractivity contribution in [1.29, 1.82) is 0 Å². The van der Waals surface area contributed by atoms with Gasteiger partial charge in [0, 0.05) is 18.4 Å². The van der Waals surface area contributed by atoms with E-state index in [0.717, 1.165) is 24.5 Å². The summed E-state index contributed by atoms with van der Waals surface area (Å²) in [6, 6.07) is 6.16. The predicted octanol–water partition coefficient (Wildman–Crippen LogP) is 1.66. The van der Waals surface area contributed by atoms with E-state index in [2.05, 4.69) is 34.5 Å². The Labute approximate surface area is 102 Å². The highest BCUT2D eigenvalue weighted by Gasteiger charge is 2.06. The van der Waals surface area contributed by atoms with Gasteiger partial charge < -0.3 is 5.32 Å². The van der Waals surface area contributed by atoms with E-state index in [1.807, 2.05) is 30.9 Å². The zero-order chi connectivity index (χ0) is 12.3. The molecular formula is C13H18N4. The van der Waals surface area contributed by atoms with E-state index < -0.39 is 0 Å². The largest absolute Gasteiger partial charge is 0.316 e. The summed E-state index contributed by atoms with van der Waals surface area (Å²) in [6.07, 6.45) is 1.83. The van der Waals surface area contributed by atoms with Gasteiger partial charge in [-0.3, -0.25) is 9.67 Å². The Kier molecular flexibility index (Phi) is 3.54. The fourth-order valence-corrected chi connectivity index (χ4v) is 1.94. The Morgan fingerprint density at radius 1 is 1.35 bits per heavy atom. The maximum Gasteiger partial charge on any atom is 0.0837 e. The second-order valence-electron chi connectivity index (χ2n) is 4.22. The van der Waals surface area contributed by atoms with Crippen LogP contribution in [0.15, 0.2) is 24.4 Å². The lowest BCUT2D eigenvalue weighted by atomic mass is 10.2. The van der Waals surface area contributed by atoms with E-state index in [0.29, 0.717) is 0 Å². The van der Waals surface area contributed by atoms with E-state index in [1.165, 1.54) is 11.3 Å². The molecule has 0 amide bonds. The van der Waals surface area contributed by atoms with Crippen LogP contribution in [-0.4, -0.2) is 21.8 Å². The first-order valence-corrected chi connectivity index (χ1v) is 5.79. The maximum atomic E-state index is 4.46. The lowest BCUT2D eigenvalue weighted by Gasteiger charge is -2.09. The predicted molar refractivity (Wildman–Crippen MR) is 67.8 cm³/mol. The average molecular weight is 230 g/mol. The molecule has 0 fully saturated rings. The Morgan fingerprint density at radius 2 is 2.18 bits per heavy atom. The summed E-state index contributed by atoms with van der Waals surface area (Å²) in [4.78, 5) is 4.44. The van der Waals surface area contributed by atoms with Crippen molar-refractivity contribution in [3.05, 3.63) is 47.0 Å². The fourth-order valence-electron chi connectivity index (χ4n) is 1.94. The zero-order valence-corrected chi connectivity index (χ0v) is 10.6. The molecule has 0 atom stereocenters. The molecule has 0 spiro atoms. The van der Waals surface area contributed by atoms with Crippen LogP contribution >= 0.6 is 0 Å². The van der Waals surface area contributed by atoms with Gasteiger partial charge in [0.05, 0.1) is 17.9 Å². The molecule has 4 heteroatoms. The maximum absolute atomic E-state index is 4.46. The number of hydrogen-bond donors (Lipinski definition) is 1. The van der Waals surface area contributed by atoms with Gasteiger partial charge in [-0.2, -0.15) is 5.10 Å². The molecule has 0 saturated heterocycles. The number of aryl methyl sites for hydroxylation is 2. The second-order valence-corrected chi connectivity index (χ2v) is 4.22. The summed E-state index contributed by atoms with van der Waals surface area (Å²) < 4.78 is 2.00. The van der Waals surface area contributed by atoms with E-state index in [9.17, 15) is 0 Å². The third kappa shape index (κ3) is 2.71. The van der Waals surface area contributed by atoms with Crippen molar-refractivity contribution in [2.45, 2.75) is 26.9 Å². The Bertz CT molecular complexity index is 502. The van der Waals surface area contributed by atoms with Gasteiger partial charge in [-0.15, -0.1) is 0 Å². The molecule has 2 aromatic heterocycles. The molecule has 0 aromatic carbocycles. The van der Waals surface area contributed by atoms with Gasteiger partial charge in [-0.1, -0.05) is 6.07 Å². The third-order valence-electron chi connectivity index (χ3n) is 2.75. The van der Waals surface area contributed by atoms with Crippen molar-refractivity contribution in [3.8, 4) is 0 Å². The molecule has 0 aliphatic rings. The fraction of sp³-hybridized carbons (Fsp3) is 0.385. The van der Waals surface area contributed by atoms with Crippen molar-refractivity contribution < 1.29 is 0 Å². The van der Waals surface area contributed by atoms with Gasteiger partial charge in [-0.25, -0.2) is 0 Å². The summed E-state index contributed by atoms with van der Waals surface area (Å²) >= 11 is 0. The number of nitrogens with one attached hydrogen (secondary N) is 1. The smallest absolute Gasteiger partial charge is 0.0837 e. The van der Waals surface area contributed by atoms with Gasteiger partial charge in [0.2, 0.25) is 0 Å². The monoisotopic (exact) mass is 230 g/mol. The number of nitrogens with zero attached hydrogens (tertiary/aromatic N) is 3. The molecule has 0 aliphatic heterocycles. The van der Waals surface area contributed by atoms with Crippen LogP contribution in [0, 0.1) is 13.8 Å². The minimum atomic E-state index is 0.734. The highest BCUT2D eigenvalue weighted by atomic mass is 15.3. The molecule has 2 heterocycles. The molecule has 2 rings (SSSR count). The summed E-state index contributed by atoms with van der Waals surface area (Å²) in [7, 11) is 1.94. The summed E-state index contributed by atoms with van der Waals surface area (Å²) in [5.41, 5.74) is 4.52. The standard InChI is InChI=1S/C13H18N4/c1-10-7-11(2)17(16-10)9-13-12(8-14-3)5-4-6-15-13/h4-7,14H,8-9H2,1-3H3.